The molecule has 0 aliphatic rings. The Morgan fingerprint density at radius 3 is 2.13 bits per heavy atom. The van der Waals surface area contributed by atoms with Gasteiger partial charge < -0.3 is 14.6 Å². The molecule has 2 atom stereocenters. The lowest BCUT2D eigenvalue weighted by atomic mass is 10.1. The number of carbonyl (C=O) groups is 2. The van der Waals surface area contributed by atoms with E-state index in [1.807, 2.05) is 31.0 Å². The molecular formula is C18H22F3NO7S. The third-order valence-electron chi connectivity index (χ3n) is 4.52. The number of alkyl halides is 3. The number of carboxylic acid groups (broad SMARTS) is 2. The largest absolute Gasteiger partial charge is 0.490 e. The Balaban J connectivity index is 0.000000553. The fraction of sp³-hybridized carbons (Fsp3) is 0.444. The molecule has 2 unspecified atom stereocenters. The average Bonchev–Trinajstić information content (AvgIpc) is 3.03. The second kappa shape index (κ2) is 9.47. The topological polar surface area (TPSA) is 125 Å². The van der Waals surface area contributed by atoms with Crippen LogP contribution in [0.5, 0.6) is 0 Å². The molecule has 0 bridgehead atoms. The summed E-state index contributed by atoms with van der Waals surface area (Å²) in [6.45, 7) is 4.14. The van der Waals surface area contributed by atoms with Gasteiger partial charge in [-0.25, -0.2) is 18.0 Å². The van der Waals surface area contributed by atoms with Crippen molar-refractivity contribution in [3.63, 3.8) is 0 Å². The Morgan fingerprint density at radius 1 is 1.17 bits per heavy atom. The van der Waals surface area contributed by atoms with Crippen LogP contribution >= 0.6 is 0 Å². The monoisotopic (exact) mass is 453 g/mol. The van der Waals surface area contributed by atoms with E-state index in [-0.39, 0.29) is 11.8 Å². The molecular weight excluding hydrogens is 431 g/mol. The maximum absolute atomic E-state index is 11.7. The molecule has 30 heavy (non-hydrogen) atoms. The minimum atomic E-state index is -5.08. The molecule has 0 aliphatic carbocycles. The van der Waals surface area contributed by atoms with E-state index in [1.54, 1.807) is 13.0 Å². The maximum Gasteiger partial charge on any atom is 0.490 e. The van der Waals surface area contributed by atoms with Gasteiger partial charge in [-0.05, 0) is 44.7 Å². The number of fused-ring (bicyclic) bond motifs is 1. The molecule has 1 heterocycles. The van der Waals surface area contributed by atoms with Gasteiger partial charge in [0.15, 0.2) is 9.84 Å². The average molecular weight is 453 g/mol. The van der Waals surface area contributed by atoms with Crippen LogP contribution in [0.25, 0.3) is 11.0 Å². The van der Waals surface area contributed by atoms with Crippen LogP contribution < -0.4 is 0 Å². The summed E-state index contributed by atoms with van der Waals surface area (Å²) in [5.41, 5.74) is 1.48. The summed E-state index contributed by atoms with van der Waals surface area (Å²) >= 11 is 0. The molecule has 0 saturated carbocycles. The first-order valence-corrected chi connectivity index (χ1v) is 10.4. The van der Waals surface area contributed by atoms with E-state index in [0.29, 0.717) is 12.1 Å². The zero-order valence-electron chi connectivity index (χ0n) is 16.6. The number of benzene rings is 1. The van der Waals surface area contributed by atoms with Gasteiger partial charge >= 0.3 is 18.1 Å². The summed E-state index contributed by atoms with van der Waals surface area (Å²) in [4.78, 5) is 21.8. The zero-order valence-corrected chi connectivity index (χ0v) is 17.4. The van der Waals surface area contributed by atoms with Crippen molar-refractivity contribution in [2.75, 3.05) is 13.3 Å². The number of nitrogens with zero attached hydrogens (tertiary/aromatic N) is 1. The number of hydrogen-bond acceptors (Lipinski definition) is 6. The normalized spacial score (nSPS) is 14.1. The summed E-state index contributed by atoms with van der Waals surface area (Å²) in [6.07, 6.45) is -3.84. The van der Waals surface area contributed by atoms with Crippen LogP contribution in [0.3, 0.4) is 0 Å². The summed E-state index contributed by atoms with van der Waals surface area (Å²) in [7, 11) is -1.23. The first kappa shape index (κ1) is 25.4. The second-order valence-corrected chi connectivity index (χ2v) is 9.18. The quantitative estimate of drug-likeness (QED) is 0.684. The molecule has 0 spiro atoms. The highest BCUT2D eigenvalue weighted by atomic mass is 32.2. The predicted molar refractivity (Wildman–Crippen MR) is 102 cm³/mol. The standard InChI is InChI=1S/C16H21NO5S.C2HF3O2/c1-10(11(2)23(4,20)21)17(3)9-12-5-6-14-13(7-12)8-15(22-14)16(18)19;3-2(4,5)1(6)7/h5-8,10-11H,9H2,1-4H3,(H,18,19);(H,6,7). The number of furan rings is 1. The van der Waals surface area contributed by atoms with Crippen LogP contribution in [-0.2, 0) is 21.2 Å². The van der Waals surface area contributed by atoms with Crippen LogP contribution in [0.1, 0.15) is 30.0 Å². The number of halogens is 3. The molecule has 2 aromatic rings. The number of hydrogen-bond donors (Lipinski definition) is 2. The van der Waals surface area contributed by atoms with Gasteiger partial charge in [-0.2, -0.15) is 13.2 Å². The summed E-state index contributed by atoms with van der Waals surface area (Å²) in [5, 5.41) is 16.3. The van der Waals surface area contributed by atoms with Crippen LogP contribution in [0.2, 0.25) is 0 Å². The SMILES string of the molecule is CC(C(C)S(C)(=O)=O)N(C)Cc1ccc2oc(C(=O)O)cc2c1.O=C(O)C(F)(F)F. The van der Waals surface area contributed by atoms with Gasteiger partial charge in [0.25, 0.3) is 0 Å². The van der Waals surface area contributed by atoms with Gasteiger partial charge in [-0.15, -0.1) is 0 Å². The van der Waals surface area contributed by atoms with E-state index in [4.69, 9.17) is 19.4 Å². The van der Waals surface area contributed by atoms with Gasteiger partial charge in [0.2, 0.25) is 5.76 Å². The molecule has 12 heteroatoms. The predicted octanol–water partition coefficient (Wildman–Crippen LogP) is 3.02. The van der Waals surface area contributed by atoms with E-state index >= 15 is 0 Å². The fourth-order valence-electron chi connectivity index (χ4n) is 2.44. The third kappa shape index (κ3) is 7.02. The molecule has 0 fully saturated rings. The number of aliphatic carboxylic acids is 1. The third-order valence-corrected chi connectivity index (χ3v) is 6.26. The van der Waals surface area contributed by atoms with Crippen molar-refractivity contribution >= 4 is 32.7 Å². The zero-order chi connectivity index (χ0) is 23.4. The van der Waals surface area contributed by atoms with Gasteiger partial charge in [-0.3, -0.25) is 4.90 Å². The van der Waals surface area contributed by atoms with Gasteiger partial charge in [0, 0.05) is 24.2 Å². The van der Waals surface area contributed by atoms with Gasteiger partial charge in [0.05, 0.1) is 5.25 Å². The summed E-state index contributed by atoms with van der Waals surface area (Å²) in [6, 6.07) is 6.80. The fourth-order valence-corrected chi connectivity index (χ4v) is 3.37. The molecule has 2 N–H and O–H groups in total. The van der Waals surface area contributed by atoms with Crippen molar-refractivity contribution in [2.24, 2.45) is 0 Å². The van der Waals surface area contributed by atoms with Crippen LogP contribution in [0.15, 0.2) is 28.7 Å². The van der Waals surface area contributed by atoms with Gasteiger partial charge in [0.1, 0.15) is 5.58 Å². The van der Waals surface area contributed by atoms with E-state index in [9.17, 15) is 26.4 Å². The summed E-state index contributed by atoms with van der Waals surface area (Å²) in [5.74, 6) is -3.95. The second-order valence-electron chi connectivity index (χ2n) is 6.78. The Kier molecular flexibility index (Phi) is 8.03. The molecule has 8 nitrogen and oxygen atoms in total. The summed E-state index contributed by atoms with van der Waals surface area (Å²) < 4.78 is 60.3. The molecule has 2 rings (SSSR count). The minimum absolute atomic E-state index is 0.0930. The highest BCUT2D eigenvalue weighted by Gasteiger charge is 2.38. The van der Waals surface area contributed by atoms with E-state index in [1.165, 1.54) is 12.3 Å². The smallest absolute Gasteiger partial charge is 0.475 e. The highest BCUT2D eigenvalue weighted by Crippen LogP contribution is 2.22. The number of aromatic carboxylic acids is 1. The van der Waals surface area contributed by atoms with Crippen LogP contribution in [0, 0.1) is 0 Å². The van der Waals surface area contributed by atoms with E-state index in [0.717, 1.165) is 10.9 Å². The number of sulfone groups is 1. The molecule has 0 aliphatic heterocycles. The lowest BCUT2D eigenvalue weighted by Gasteiger charge is -2.28. The van der Waals surface area contributed by atoms with Gasteiger partial charge in [-0.1, -0.05) is 6.07 Å². The van der Waals surface area contributed by atoms with Crippen molar-refractivity contribution in [3.8, 4) is 0 Å². The first-order valence-electron chi connectivity index (χ1n) is 8.49. The molecule has 1 aromatic carbocycles. The molecule has 1 aromatic heterocycles. The minimum Gasteiger partial charge on any atom is -0.475 e. The van der Waals surface area contributed by atoms with E-state index < -0.39 is 33.2 Å². The van der Waals surface area contributed by atoms with Crippen molar-refractivity contribution in [3.05, 3.63) is 35.6 Å². The Morgan fingerprint density at radius 2 is 1.70 bits per heavy atom. The molecule has 0 radical (unpaired) electrons. The molecule has 168 valence electrons. The van der Waals surface area contributed by atoms with Crippen molar-refractivity contribution in [1.82, 2.24) is 4.90 Å². The van der Waals surface area contributed by atoms with Crippen molar-refractivity contribution in [1.29, 1.82) is 0 Å². The number of carboxylic acids is 2. The molecule has 0 amide bonds. The lowest BCUT2D eigenvalue weighted by molar-refractivity contribution is -0.192. The Bertz CT molecular complexity index is 1010. The van der Waals surface area contributed by atoms with Crippen LogP contribution in [0.4, 0.5) is 13.2 Å². The van der Waals surface area contributed by atoms with Crippen LogP contribution in [-0.4, -0.2) is 66.2 Å². The number of rotatable bonds is 6. The first-order chi connectivity index (χ1) is 13.5. The molecule has 0 saturated heterocycles. The van der Waals surface area contributed by atoms with Crippen molar-refractivity contribution < 1.29 is 45.8 Å². The Hall–Kier alpha value is -2.60. The lowest BCUT2D eigenvalue weighted by Crippen LogP contribution is -2.40. The maximum atomic E-state index is 11.7. The van der Waals surface area contributed by atoms with Crippen molar-refractivity contribution in [2.45, 2.75) is 37.9 Å². The highest BCUT2D eigenvalue weighted by molar-refractivity contribution is 7.91. The Labute approximate surface area is 170 Å². The van der Waals surface area contributed by atoms with E-state index in [2.05, 4.69) is 0 Å².